The molecular formula is C22H24N2O5. The number of carbonyl (C=O) groups is 3. The van der Waals surface area contributed by atoms with Gasteiger partial charge in [0, 0.05) is 6.54 Å². The fraction of sp³-hybridized carbons (Fsp3) is 0.318. The van der Waals surface area contributed by atoms with Gasteiger partial charge in [0.05, 0.1) is 0 Å². The van der Waals surface area contributed by atoms with Crippen molar-refractivity contribution in [1.29, 1.82) is 0 Å². The van der Waals surface area contributed by atoms with Crippen molar-refractivity contribution in [2.45, 2.75) is 38.8 Å². The Morgan fingerprint density at radius 1 is 1.03 bits per heavy atom. The van der Waals surface area contributed by atoms with E-state index in [0.717, 1.165) is 24.8 Å². The van der Waals surface area contributed by atoms with Crippen LogP contribution in [0.1, 0.15) is 30.0 Å². The van der Waals surface area contributed by atoms with E-state index in [9.17, 15) is 14.4 Å². The zero-order valence-corrected chi connectivity index (χ0v) is 16.3. The van der Waals surface area contributed by atoms with Crippen molar-refractivity contribution >= 4 is 17.9 Å². The average Bonchev–Trinajstić information content (AvgIpc) is 3.19. The number of carbonyl (C=O) groups excluding carboxylic acids is 3. The molecule has 0 unspecified atom stereocenters. The lowest BCUT2D eigenvalue weighted by molar-refractivity contribution is -0.156. The molecule has 2 aromatic rings. The first-order valence-corrected chi connectivity index (χ1v) is 9.58. The van der Waals surface area contributed by atoms with Gasteiger partial charge in [-0.1, -0.05) is 36.4 Å². The predicted molar refractivity (Wildman–Crippen MR) is 106 cm³/mol. The number of hydrogen-bond donors (Lipinski definition) is 2. The quantitative estimate of drug-likeness (QED) is 0.702. The molecule has 0 fully saturated rings. The molecule has 3 rings (SSSR count). The van der Waals surface area contributed by atoms with Crippen molar-refractivity contribution in [3.8, 4) is 5.75 Å². The van der Waals surface area contributed by atoms with Crippen molar-refractivity contribution in [2.75, 3.05) is 6.61 Å². The summed E-state index contributed by atoms with van der Waals surface area (Å²) < 4.78 is 10.5. The van der Waals surface area contributed by atoms with Crippen LogP contribution >= 0.6 is 0 Å². The van der Waals surface area contributed by atoms with Gasteiger partial charge in [0.15, 0.2) is 12.7 Å². The van der Waals surface area contributed by atoms with Gasteiger partial charge in [0.25, 0.3) is 5.91 Å². The van der Waals surface area contributed by atoms with E-state index in [0.29, 0.717) is 5.75 Å². The van der Waals surface area contributed by atoms with Crippen LogP contribution in [0, 0.1) is 0 Å². The minimum absolute atomic E-state index is 0.280. The molecular weight excluding hydrogens is 372 g/mol. The summed E-state index contributed by atoms with van der Waals surface area (Å²) in [5.74, 6) is -0.792. The zero-order chi connectivity index (χ0) is 20.6. The SMILES string of the molecule is C[C@H](OC(=O)COc1ccc2c(c1)CCC2)C(=O)NC(=O)NCc1ccccc1. The monoisotopic (exact) mass is 396 g/mol. The summed E-state index contributed by atoms with van der Waals surface area (Å²) in [5, 5.41) is 4.72. The Balaban J connectivity index is 1.38. The Morgan fingerprint density at radius 3 is 2.59 bits per heavy atom. The molecule has 7 nitrogen and oxygen atoms in total. The number of urea groups is 1. The maximum absolute atomic E-state index is 12.0. The lowest BCUT2D eigenvalue weighted by Crippen LogP contribution is -2.44. The van der Waals surface area contributed by atoms with Gasteiger partial charge in [0.2, 0.25) is 0 Å². The summed E-state index contributed by atoms with van der Waals surface area (Å²) in [5.41, 5.74) is 3.46. The Bertz CT molecular complexity index is 882. The normalized spacial score (nSPS) is 13.1. The third-order valence-corrected chi connectivity index (χ3v) is 4.64. The van der Waals surface area contributed by atoms with Gasteiger partial charge in [-0.05, 0) is 55.0 Å². The van der Waals surface area contributed by atoms with Crippen LogP contribution in [0.15, 0.2) is 48.5 Å². The number of amides is 3. The molecule has 7 heteroatoms. The van der Waals surface area contributed by atoms with Crippen LogP contribution < -0.4 is 15.4 Å². The number of esters is 1. The molecule has 0 aliphatic heterocycles. The van der Waals surface area contributed by atoms with E-state index >= 15 is 0 Å². The average molecular weight is 396 g/mol. The topological polar surface area (TPSA) is 93.7 Å². The molecule has 0 heterocycles. The third-order valence-electron chi connectivity index (χ3n) is 4.64. The fourth-order valence-corrected chi connectivity index (χ4v) is 3.10. The number of imide groups is 1. The maximum atomic E-state index is 12.0. The van der Waals surface area contributed by atoms with Gasteiger partial charge in [-0.2, -0.15) is 0 Å². The summed E-state index contributed by atoms with van der Waals surface area (Å²) in [6.45, 7) is 1.37. The molecule has 152 valence electrons. The first-order valence-electron chi connectivity index (χ1n) is 9.58. The van der Waals surface area contributed by atoms with Crippen LogP contribution in [0.2, 0.25) is 0 Å². The lowest BCUT2D eigenvalue weighted by atomic mass is 10.1. The standard InChI is InChI=1S/C22H24N2O5/c1-15(21(26)24-22(27)23-13-16-6-3-2-4-7-16)29-20(25)14-28-19-11-10-17-8-5-9-18(17)12-19/h2-4,6-7,10-12,15H,5,8-9,13-14H2,1H3,(H2,23,24,26,27)/t15-/m0/s1. The van der Waals surface area contributed by atoms with Crippen molar-refractivity contribution < 1.29 is 23.9 Å². The van der Waals surface area contributed by atoms with E-state index in [2.05, 4.69) is 10.6 Å². The molecule has 1 aliphatic rings. The van der Waals surface area contributed by atoms with Crippen molar-refractivity contribution in [2.24, 2.45) is 0 Å². The number of rotatable bonds is 7. The molecule has 0 radical (unpaired) electrons. The van der Waals surface area contributed by atoms with E-state index < -0.39 is 24.0 Å². The van der Waals surface area contributed by atoms with E-state index in [1.165, 1.54) is 18.1 Å². The number of ether oxygens (including phenoxy) is 2. The number of aryl methyl sites for hydroxylation is 2. The third kappa shape index (κ3) is 6.07. The molecule has 0 saturated heterocycles. The molecule has 0 bridgehead atoms. The molecule has 1 aliphatic carbocycles. The van der Waals surface area contributed by atoms with Gasteiger partial charge in [-0.25, -0.2) is 9.59 Å². The van der Waals surface area contributed by atoms with Crippen LogP contribution in [-0.4, -0.2) is 30.6 Å². The minimum atomic E-state index is -1.12. The Kier molecular flexibility index (Phi) is 6.84. The van der Waals surface area contributed by atoms with Gasteiger partial charge in [0.1, 0.15) is 5.75 Å². The Labute approximate surface area is 169 Å². The fourth-order valence-electron chi connectivity index (χ4n) is 3.10. The van der Waals surface area contributed by atoms with E-state index in [4.69, 9.17) is 9.47 Å². The predicted octanol–water partition coefficient (Wildman–Crippen LogP) is 2.51. The highest BCUT2D eigenvalue weighted by Crippen LogP contribution is 2.25. The first kappa shape index (κ1) is 20.4. The molecule has 0 saturated carbocycles. The smallest absolute Gasteiger partial charge is 0.344 e. The van der Waals surface area contributed by atoms with Gasteiger partial charge < -0.3 is 14.8 Å². The summed E-state index contributed by atoms with van der Waals surface area (Å²) in [7, 11) is 0. The summed E-state index contributed by atoms with van der Waals surface area (Å²) in [4.78, 5) is 35.8. The Hall–Kier alpha value is -3.35. The molecule has 0 spiro atoms. The van der Waals surface area contributed by atoms with Crippen LogP contribution in [0.4, 0.5) is 4.79 Å². The number of fused-ring (bicyclic) bond motifs is 1. The minimum Gasteiger partial charge on any atom is -0.482 e. The summed E-state index contributed by atoms with van der Waals surface area (Å²) >= 11 is 0. The van der Waals surface area contributed by atoms with Crippen molar-refractivity contribution in [3.63, 3.8) is 0 Å². The second-order valence-electron chi connectivity index (χ2n) is 6.86. The molecule has 0 aromatic heterocycles. The van der Waals surface area contributed by atoms with Crippen LogP contribution in [0.3, 0.4) is 0 Å². The zero-order valence-electron chi connectivity index (χ0n) is 16.3. The summed E-state index contributed by atoms with van der Waals surface area (Å²) in [6, 6.07) is 14.4. The van der Waals surface area contributed by atoms with Gasteiger partial charge >= 0.3 is 12.0 Å². The van der Waals surface area contributed by atoms with Gasteiger partial charge in [-0.3, -0.25) is 10.1 Å². The van der Waals surface area contributed by atoms with E-state index in [1.807, 2.05) is 48.5 Å². The highest BCUT2D eigenvalue weighted by atomic mass is 16.6. The second-order valence-corrected chi connectivity index (χ2v) is 6.86. The van der Waals surface area contributed by atoms with E-state index in [-0.39, 0.29) is 13.2 Å². The van der Waals surface area contributed by atoms with Gasteiger partial charge in [-0.15, -0.1) is 0 Å². The molecule has 2 N–H and O–H groups in total. The number of nitrogens with one attached hydrogen (secondary N) is 2. The number of benzene rings is 2. The first-order chi connectivity index (χ1) is 14.0. The largest absolute Gasteiger partial charge is 0.482 e. The van der Waals surface area contributed by atoms with Crippen LogP contribution in [0.25, 0.3) is 0 Å². The molecule has 29 heavy (non-hydrogen) atoms. The van der Waals surface area contributed by atoms with Crippen LogP contribution in [0.5, 0.6) is 5.75 Å². The highest BCUT2D eigenvalue weighted by Gasteiger charge is 2.20. The summed E-state index contributed by atoms with van der Waals surface area (Å²) in [6.07, 6.45) is 2.10. The van der Waals surface area contributed by atoms with Crippen LogP contribution in [-0.2, 0) is 33.7 Å². The molecule has 3 amide bonds. The lowest BCUT2D eigenvalue weighted by Gasteiger charge is -2.14. The maximum Gasteiger partial charge on any atom is 0.344 e. The van der Waals surface area contributed by atoms with Crippen molar-refractivity contribution in [3.05, 3.63) is 65.2 Å². The number of hydrogen-bond acceptors (Lipinski definition) is 5. The van der Waals surface area contributed by atoms with Crippen molar-refractivity contribution in [1.82, 2.24) is 10.6 Å². The molecule has 1 atom stereocenters. The van der Waals surface area contributed by atoms with E-state index in [1.54, 1.807) is 0 Å². The highest BCUT2D eigenvalue weighted by molar-refractivity contribution is 5.97. The molecule has 2 aromatic carbocycles. The second kappa shape index (κ2) is 9.73. The Morgan fingerprint density at radius 2 is 1.79 bits per heavy atom.